The van der Waals surface area contributed by atoms with Crippen LogP contribution in [-0.2, 0) is 4.74 Å². The molecule has 1 heterocycles. The molecule has 0 radical (unpaired) electrons. The standard InChI is InChI=1S/C11H20O/c1-3-4-5-6-7-11-8-10(2)9-12-11/h11H,2-9H2,1H3. The highest BCUT2D eigenvalue weighted by Crippen LogP contribution is 2.21. The zero-order valence-corrected chi connectivity index (χ0v) is 8.14. The predicted octanol–water partition coefficient (Wildman–Crippen LogP) is 3.30. The van der Waals surface area contributed by atoms with Gasteiger partial charge in [-0.05, 0) is 18.4 Å². The molecular formula is C11H20O. The first kappa shape index (κ1) is 9.79. The molecule has 1 saturated heterocycles. The molecule has 1 atom stereocenters. The van der Waals surface area contributed by atoms with E-state index in [4.69, 9.17) is 4.74 Å². The van der Waals surface area contributed by atoms with Crippen molar-refractivity contribution in [3.63, 3.8) is 0 Å². The minimum absolute atomic E-state index is 0.495. The van der Waals surface area contributed by atoms with Crippen LogP contribution in [0.4, 0.5) is 0 Å². The van der Waals surface area contributed by atoms with E-state index in [2.05, 4.69) is 13.5 Å². The highest BCUT2D eigenvalue weighted by atomic mass is 16.5. The maximum atomic E-state index is 5.55. The molecule has 70 valence electrons. The molecule has 0 aromatic rings. The minimum atomic E-state index is 0.495. The van der Waals surface area contributed by atoms with Crippen molar-refractivity contribution in [3.05, 3.63) is 12.2 Å². The molecule has 0 amide bonds. The molecule has 1 nitrogen and oxygen atoms in total. The molecule has 1 fully saturated rings. The minimum Gasteiger partial charge on any atom is -0.374 e. The molecule has 0 aliphatic carbocycles. The highest BCUT2D eigenvalue weighted by Gasteiger charge is 2.17. The van der Waals surface area contributed by atoms with Crippen LogP contribution < -0.4 is 0 Å². The van der Waals surface area contributed by atoms with Crippen LogP contribution in [0.15, 0.2) is 12.2 Å². The number of unbranched alkanes of at least 4 members (excludes halogenated alkanes) is 3. The lowest BCUT2D eigenvalue weighted by Gasteiger charge is -2.07. The van der Waals surface area contributed by atoms with E-state index in [0.717, 1.165) is 13.0 Å². The van der Waals surface area contributed by atoms with E-state index in [0.29, 0.717) is 6.10 Å². The van der Waals surface area contributed by atoms with Gasteiger partial charge in [0.25, 0.3) is 0 Å². The third-order valence-corrected chi connectivity index (χ3v) is 2.42. The smallest absolute Gasteiger partial charge is 0.0679 e. The average Bonchev–Trinajstić information content (AvgIpc) is 2.45. The molecule has 1 aliphatic heterocycles. The number of rotatable bonds is 5. The highest BCUT2D eigenvalue weighted by molar-refractivity contribution is 5.01. The van der Waals surface area contributed by atoms with Gasteiger partial charge in [0.05, 0.1) is 12.7 Å². The van der Waals surface area contributed by atoms with Gasteiger partial charge in [-0.15, -0.1) is 0 Å². The lowest BCUT2D eigenvalue weighted by Crippen LogP contribution is -2.03. The van der Waals surface area contributed by atoms with Crippen LogP contribution >= 0.6 is 0 Å². The van der Waals surface area contributed by atoms with Crippen LogP contribution in [0.5, 0.6) is 0 Å². The summed E-state index contributed by atoms with van der Waals surface area (Å²) in [5.74, 6) is 0. The van der Waals surface area contributed by atoms with E-state index in [-0.39, 0.29) is 0 Å². The van der Waals surface area contributed by atoms with E-state index in [1.165, 1.54) is 37.7 Å². The summed E-state index contributed by atoms with van der Waals surface area (Å²) in [4.78, 5) is 0. The van der Waals surface area contributed by atoms with Crippen LogP contribution in [0.2, 0.25) is 0 Å². The zero-order valence-electron chi connectivity index (χ0n) is 8.14. The molecule has 1 rings (SSSR count). The van der Waals surface area contributed by atoms with Gasteiger partial charge >= 0.3 is 0 Å². The quantitative estimate of drug-likeness (QED) is 0.452. The molecule has 0 aromatic heterocycles. The molecule has 1 aliphatic rings. The molecule has 1 heteroatoms. The van der Waals surface area contributed by atoms with Crippen molar-refractivity contribution in [3.8, 4) is 0 Å². The summed E-state index contributed by atoms with van der Waals surface area (Å²) in [6.45, 7) is 6.97. The average molecular weight is 168 g/mol. The van der Waals surface area contributed by atoms with Gasteiger partial charge in [0, 0.05) is 0 Å². The van der Waals surface area contributed by atoms with Crippen molar-refractivity contribution in [2.75, 3.05) is 6.61 Å². The van der Waals surface area contributed by atoms with E-state index in [9.17, 15) is 0 Å². The first-order chi connectivity index (χ1) is 5.83. The van der Waals surface area contributed by atoms with E-state index in [1.54, 1.807) is 0 Å². The largest absolute Gasteiger partial charge is 0.374 e. The first-order valence-corrected chi connectivity index (χ1v) is 5.11. The van der Waals surface area contributed by atoms with Gasteiger partial charge in [0.2, 0.25) is 0 Å². The maximum absolute atomic E-state index is 5.55. The van der Waals surface area contributed by atoms with Gasteiger partial charge in [-0.25, -0.2) is 0 Å². The second kappa shape index (κ2) is 5.36. The first-order valence-electron chi connectivity index (χ1n) is 5.11. The van der Waals surface area contributed by atoms with E-state index < -0.39 is 0 Å². The Morgan fingerprint density at radius 3 is 2.83 bits per heavy atom. The molecular weight excluding hydrogens is 148 g/mol. The lowest BCUT2D eigenvalue weighted by molar-refractivity contribution is 0.104. The third-order valence-electron chi connectivity index (χ3n) is 2.42. The van der Waals surface area contributed by atoms with Gasteiger partial charge in [0.1, 0.15) is 0 Å². The topological polar surface area (TPSA) is 9.23 Å². The molecule has 0 N–H and O–H groups in total. The Balaban J connectivity index is 1.97. The second-order valence-corrected chi connectivity index (χ2v) is 3.74. The predicted molar refractivity (Wildman–Crippen MR) is 52.3 cm³/mol. The Morgan fingerprint density at radius 1 is 1.42 bits per heavy atom. The summed E-state index contributed by atoms with van der Waals surface area (Å²) < 4.78 is 5.55. The fraction of sp³-hybridized carbons (Fsp3) is 0.818. The summed E-state index contributed by atoms with van der Waals surface area (Å²) in [5, 5.41) is 0. The Labute approximate surface area is 75.8 Å². The Kier molecular flexibility index (Phi) is 4.37. The fourth-order valence-corrected chi connectivity index (χ4v) is 1.66. The van der Waals surface area contributed by atoms with Crippen molar-refractivity contribution < 1.29 is 4.74 Å². The normalized spacial score (nSPS) is 23.4. The van der Waals surface area contributed by atoms with Gasteiger partial charge in [-0.2, -0.15) is 0 Å². The molecule has 0 saturated carbocycles. The fourth-order valence-electron chi connectivity index (χ4n) is 1.66. The molecule has 0 bridgehead atoms. The number of hydrogen-bond acceptors (Lipinski definition) is 1. The zero-order chi connectivity index (χ0) is 8.81. The van der Waals surface area contributed by atoms with Gasteiger partial charge in [-0.3, -0.25) is 0 Å². The summed E-state index contributed by atoms with van der Waals surface area (Å²) in [6.07, 6.45) is 8.21. The Hall–Kier alpha value is -0.300. The number of hydrogen-bond donors (Lipinski definition) is 0. The number of ether oxygens (including phenoxy) is 1. The van der Waals surface area contributed by atoms with Crippen molar-refractivity contribution >= 4 is 0 Å². The van der Waals surface area contributed by atoms with Crippen molar-refractivity contribution in [2.24, 2.45) is 0 Å². The van der Waals surface area contributed by atoms with Crippen LogP contribution in [-0.4, -0.2) is 12.7 Å². The Bertz CT molecular complexity index is 140. The van der Waals surface area contributed by atoms with Crippen LogP contribution in [0, 0.1) is 0 Å². The second-order valence-electron chi connectivity index (χ2n) is 3.74. The lowest BCUT2D eigenvalue weighted by atomic mass is 10.1. The summed E-state index contributed by atoms with van der Waals surface area (Å²) >= 11 is 0. The van der Waals surface area contributed by atoms with Crippen molar-refractivity contribution in [2.45, 2.75) is 51.6 Å². The molecule has 12 heavy (non-hydrogen) atoms. The molecule has 0 spiro atoms. The molecule has 1 unspecified atom stereocenters. The summed E-state index contributed by atoms with van der Waals surface area (Å²) in [6, 6.07) is 0. The Morgan fingerprint density at radius 2 is 2.25 bits per heavy atom. The van der Waals surface area contributed by atoms with Crippen LogP contribution in [0.3, 0.4) is 0 Å². The van der Waals surface area contributed by atoms with Gasteiger partial charge in [0.15, 0.2) is 0 Å². The molecule has 0 aromatic carbocycles. The third kappa shape index (κ3) is 3.40. The van der Waals surface area contributed by atoms with Crippen LogP contribution in [0.25, 0.3) is 0 Å². The SMILES string of the molecule is C=C1COC(CCCCCC)C1. The van der Waals surface area contributed by atoms with E-state index >= 15 is 0 Å². The van der Waals surface area contributed by atoms with Crippen LogP contribution in [0.1, 0.15) is 45.4 Å². The monoisotopic (exact) mass is 168 g/mol. The van der Waals surface area contributed by atoms with Gasteiger partial charge < -0.3 is 4.74 Å². The van der Waals surface area contributed by atoms with E-state index in [1.807, 2.05) is 0 Å². The van der Waals surface area contributed by atoms with Crippen molar-refractivity contribution in [1.82, 2.24) is 0 Å². The van der Waals surface area contributed by atoms with Gasteiger partial charge in [-0.1, -0.05) is 39.2 Å². The summed E-state index contributed by atoms with van der Waals surface area (Å²) in [5.41, 5.74) is 1.27. The summed E-state index contributed by atoms with van der Waals surface area (Å²) in [7, 11) is 0. The van der Waals surface area contributed by atoms with Crippen molar-refractivity contribution in [1.29, 1.82) is 0 Å². The maximum Gasteiger partial charge on any atom is 0.0679 e.